The van der Waals surface area contributed by atoms with Crippen LogP contribution in [0.25, 0.3) is 0 Å². The van der Waals surface area contributed by atoms with Crippen LogP contribution >= 0.6 is 0 Å². The van der Waals surface area contributed by atoms with Crippen LogP contribution in [0.1, 0.15) is 42.9 Å². The van der Waals surface area contributed by atoms with Crippen molar-refractivity contribution in [3.63, 3.8) is 0 Å². The lowest BCUT2D eigenvalue weighted by atomic mass is 9.90. The highest BCUT2D eigenvalue weighted by Crippen LogP contribution is 2.25. The zero-order chi connectivity index (χ0) is 20.1. The van der Waals surface area contributed by atoms with E-state index in [4.69, 9.17) is 0 Å². The van der Waals surface area contributed by atoms with Crippen molar-refractivity contribution in [3.8, 4) is 5.75 Å². The Morgan fingerprint density at radius 3 is 2.50 bits per heavy atom. The van der Waals surface area contributed by atoms with Crippen molar-refractivity contribution in [2.75, 3.05) is 18.4 Å². The molecule has 1 aliphatic heterocycles. The molecule has 1 unspecified atom stereocenters. The number of aryl methyl sites for hydroxylation is 3. The van der Waals surface area contributed by atoms with Crippen LogP contribution in [-0.2, 0) is 11.2 Å². The van der Waals surface area contributed by atoms with Gasteiger partial charge in [0.25, 0.3) is 0 Å². The third kappa shape index (κ3) is 5.35. The highest BCUT2D eigenvalue weighted by atomic mass is 16.3. The van der Waals surface area contributed by atoms with E-state index in [1.54, 1.807) is 12.1 Å². The normalized spacial score (nSPS) is 16.7. The van der Waals surface area contributed by atoms with Crippen LogP contribution < -0.4 is 5.32 Å². The molecule has 1 amide bonds. The van der Waals surface area contributed by atoms with E-state index in [2.05, 4.69) is 22.3 Å². The largest absolute Gasteiger partial charge is 0.508 e. The number of phenols is 1. The van der Waals surface area contributed by atoms with Crippen LogP contribution in [0, 0.1) is 19.8 Å². The molecule has 0 bridgehead atoms. The SMILES string of the molecule is Cc1ccc(C)c(NC(=O)C(C)N2CCC(CCc3ccc(O)cc3)CC2)c1. The first-order valence-corrected chi connectivity index (χ1v) is 10.3. The van der Waals surface area contributed by atoms with E-state index in [0.717, 1.165) is 49.2 Å². The van der Waals surface area contributed by atoms with Crippen LogP contribution in [0.3, 0.4) is 0 Å². The van der Waals surface area contributed by atoms with Gasteiger partial charge < -0.3 is 10.4 Å². The van der Waals surface area contributed by atoms with Crippen LogP contribution in [0.4, 0.5) is 5.69 Å². The monoisotopic (exact) mass is 380 g/mol. The van der Waals surface area contributed by atoms with Crippen molar-refractivity contribution in [1.82, 2.24) is 4.90 Å². The number of phenolic OH excluding ortho intramolecular Hbond substituents is 1. The van der Waals surface area contributed by atoms with Gasteiger partial charge in [-0.1, -0.05) is 24.3 Å². The topological polar surface area (TPSA) is 52.6 Å². The van der Waals surface area contributed by atoms with Crippen molar-refractivity contribution in [2.45, 2.75) is 52.5 Å². The fourth-order valence-electron chi connectivity index (χ4n) is 3.94. The Hall–Kier alpha value is -2.33. The molecule has 1 aliphatic rings. The summed E-state index contributed by atoms with van der Waals surface area (Å²) in [7, 11) is 0. The maximum absolute atomic E-state index is 12.7. The molecule has 2 aromatic carbocycles. The summed E-state index contributed by atoms with van der Waals surface area (Å²) in [4.78, 5) is 15.0. The molecule has 0 saturated carbocycles. The number of likely N-dealkylation sites (tertiary alicyclic amines) is 1. The summed E-state index contributed by atoms with van der Waals surface area (Å²) in [6, 6.07) is 13.6. The second kappa shape index (κ2) is 9.24. The number of anilines is 1. The van der Waals surface area contributed by atoms with E-state index < -0.39 is 0 Å². The average Bonchev–Trinajstić information content (AvgIpc) is 2.70. The number of hydrogen-bond donors (Lipinski definition) is 2. The zero-order valence-electron chi connectivity index (χ0n) is 17.2. The van der Waals surface area contributed by atoms with Crippen LogP contribution in [-0.4, -0.2) is 35.0 Å². The number of hydrogen-bond acceptors (Lipinski definition) is 3. The number of rotatable bonds is 6. The van der Waals surface area contributed by atoms with Crippen LogP contribution in [0.5, 0.6) is 5.75 Å². The van der Waals surface area contributed by atoms with Gasteiger partial charge in [-0.3, -0.25) is 9.69 Å². The quantitative estimate of drug-likeness (QED) is 0.765. The van der Waals surface area contributed by atoms with Gasteiger partial charge in [0.1, 0.15) is 5.75 Å². The van der Waals surface area contributed by atoms with E-state index in [1.807, 2.05) is 39.0 Å². The molecule has 0 aliphatic carbocycles. The van der Waals surface area contributed by atoms with Gasteiger partial charge in [0.2, 0.25) is 5.91 Å². The molecule has 2 N–H and O–H groups in total. The molecule has 4 nitrogen and oxygen atoms in total. The summed E-state index contributed by atoms with van der Waals surface area (Å²) in [5, 5.41) is 12.5. The Bertz CT molecular complexity index is 793. The van der Waals surface area contributed by atoms with Gasteiger partial charge in [0.15, 0.2) is 0 Å². The first-order valence-electron chi connectivity index (χ1n) is 10.3. The number of carbonyl (C=O) groups is 1. The minimum Gasteiger partial charge on any atom is -0.508 e. The second-order valence-electron chi connectivity index (χ2n) is 8.17. The Labute approximate surface area is 168 Å². The average molecular weight is 381 g/mol. The first-order chi connectivity index (χ1) is 13.4. The second-order valence-corrected chi connectivity index (χ2v) is 8.17. The number of nitrogens with one attached hydrogen (secondary N) is 1. The van der Waals surface area contributed by atoms with Gasteiger partial charge in [-0.25, -0.2) is 0 Å². The predicted octanol–water partition coefficient (Wildman–Crippen LogP) is 4.68. The summed E-state index contributed by atoms with van der Waals surface area (Å²) < 4.78 is 0. The van der Waals surface area contributed by atoms with Gasteiger partial charge in [-0.15, -0.1) is 0 Å². The summed E-state index contributed by atoms with van der Waals surface area (Å²) >= 11 is 0. The summed E-state index contributed by atoms with van der Waals surface area (Å²) in [6.07, 6.45) is 4.49. The third-order valence-electron chi connectivity index (χ3n) is 6.00. The molecule has 1 fully saturated rings. The lowest BCUT2D eigenvalue weighted by Crippen LogP contribution is -2.46. The number of amides is 1. The summed E-state index contributed by atoms with van der Waals surface area (Å²) in [5.74, 6) is 1.11. The number of nitrogens with zero attached hydrogens (tertiary/aromatic N) is 1. The fourth-order valence-corrected chi connectivity index (χ4v) is 3.94. The van der Waals surface area contributed by atoms with Crippen molar-refractivity contribution in [3.05, 3.63) is 59.2 Å². The van der Waals surface area contributed by atoms with Crippen molar-refractivity contribution >= 4 is 11.6 Å². The Morgan fingerprint density at radius 2 is 1.82 bits per heavy atom. The van der Waals surface area contributed by atoms with E-state index in [9.17, 15) is 9.90 Å². The number of benzene rings is 2. The Morgan fingerprint density at radius 1 is 1.14 bits per heavy atom. The van der Waals surface area contributed by atoms with Gasteiger partial charge in [0, 0.05) is 5.69 Å². The molecule has 2 aromatic rings. The van der Waals surface area contributed by atoms with Crippen LogP contribution in [0.2, 0.25) is 0 Å². The minimum atomic E-state index is -0.113. The Kier molecular flexibility index (Phi) is 6.74. The third-order valence-corrected chi connectivity index (χ3v) is 6.00. The number of carbonyl (C=O) groups excluding carboxylic acids is 1. The van der Waals surface area contributed by atoms with E-state index in [1.165, 1.54) is 12.0 Å². The van der Waals surface area contributed by atoms with E-state index in [-0.39, 0.29) is 11.9 Å². The van der Waals surface area contributed by atoms with Crippen molar-refractivity contribution in [1.29, 1.82) is 0 Å². The van der Waals surface area contributed by atoms with E-state index >= 15 is 0 Å². The van der Waals surface area contributed by atoms with E-state index in [0.29, 0.717) is 11.7 Å². The lowest BCUT2D eigenvalue weighted by Gasteiger charge is -2.35. The molecule has 0 radical (unpaired) electrons. The first kappa shape index (κ1) is 20.4. The standard InChI is InChI=1S/C24H32N2O2/c1-17-4-5-18(2)23(16-17)25-24(28)19(3)26-14-12-21(13-15-26)7-6-20-8-10-22(27)11-9-20/h4-5,8-11,16,19,21,27H,6-7,12-15H2,1-3H3,(H,25,28). The predicted molar refractivity (Wildman–Crippen MR) is 115 cm³/mol. The minimum absolute atomic E-state index is 0.0799. The molecular weight excluding hydrogens is 348 g/mol. The molecule has 150 valence electrons. The molecule has 1 atom stereocenters. The molecule has 0 spiro atoms. The van der Waals surface area contributed by atoms with Gasteiger partial charge >= 0.3 is 0 Å². The molecule has 0 aromatic heterocycles. The molecule has 28 heavy (non-hydrogen) atoms. The summed E-state index contributed by atoms with van der Waals surface area (Å²) in [6.45, 7) is 8.03. The van der Waals surface area contributed by atoms with Gasteiger partial charge in [-0.05, 0) is 100 Å². The van der Waals surface area contributed by atoms with Gasteiger partial charge in [0.05, 0.1) is 6.04 Å². The zero-order valence-corrected chi connectivity index (χ0v) is 17.2. The maximum atomic E-state index is 12.7. The van der Waals surface area contributed by atoms with Crippen molar-refractivity contribution in [2.24, 2.45) is 5.92 Å². The molecule has 4 heteroatoms. The Balaban J connectivity index is 1.46. The number of aromatic hydroxyl groups is 1. The van der Waals surface area contributed by atoms with Crippen LogP contribution in [0.15, 0.2) is 42.5 Å². The summed E-state index contributed by atoms with van der Waals surface area (Å²) in [5.41, 5.74) is 4.45. The molecule has 1 heterocycles. The highest BCUT2D eigenvalue weighted by molar-refractivity contribution is 5.95. The highest BCUT2D eigenvalue weighted by Gasteiger charge is 2.26. The van der Waals surface area contributed by atoms with Gasteiger partial charge in [-0.2, -0.15) is 0 Å². The maximum Gasteiger partial charge on any atom is 0.241 e. The van der Waals surface area contributed by atoms with Crippen molar-refractivity contribution < 1.29 is 9.90 Å². The smallest absolute Gasteiger partial charge is 0.241 e. The molecular formula is C24H32N2O2. The molecule has 1 saturated heterocycles. The molecule has 3 rings (SSSR count). The number of piperidine rings is 1. The fraction of sp³-hybridized carbons (Fsp3) is 0.458. The lowest BCUT2D eigenvalue weighted by molar-refractivity contribution is -0.121.